The van der Waals surface area contributed by atoms with Crippen molar-refractivity contribution in [3.63, 3.8) is 0 Å². The molecule has 8 heteroatoms. The number of H-pyrrole nitrogens is 1. The predicted molar refractivity (Wildman–Crippen MR) is 84.3 cm³/mol. The first kappa shape index (κ1) is 13.8. The van der Waals surface area contributed by atoms with Gasteiger partial charge in [0.25, 0.3) is 0 Å². The van der Waals surface area contributed by atoms with E-state index < -0.39 is 5.41 Å². The Morgan fingerprint density at radius 3 is 3.00 bits per heavy atom. The first-order valence-electron chi connectivity index (χ1n) is 6.75. The van der Waals surface area contributed by atoms with E-state index in [4.69, 9.17) is 10.5 Å². The van der Waals surface area contributed by atoms with Crippen molar-refractivity contribution in [2.75, 3.05) is 5.32 Å². The van der Waals surface area contributed by atoms with E-state index in [1.807, 2.05) is 6.07 Å². The van der Waals surface area contributed by atoms with Gasteiger partial charge in [0.2, 0.25) is 11.8 Å². The fraction of sp³-hybridized carbons (Fsp3) is 0.133. The molecule has 23 heavy (non-hydrogen) atoms. The fourth-order valence-corrected chi connectivity index (χ4v) is 3.66. The van der Waals surface area contributed by atoms with Crippen molar-refractivity contribution in [2.24, 2.45) is 5.73 Å². The average molecular weight is 372 g/mol. The van der Waals surface area contributed by atoms with Crippen LogP contribution >= 0.6 is 15.9 Å². The number of aromatic nitrogens is 2. The van der Waals surface area contributed by atoms with Crippen LogP contribution in [0, 0.1) is 18.3 Å². The molecular formula is C15H10BrN5O2. The number of hydrogen-bond donors (Lipinski definition) is 3. The summed E-state index contributed by atoms with van der Waals surface area (Å²) < 4.78 is 6.32. The van der Waals surface area contributed by atoms with Gasteiger partial charge in [-0.05, 0) is 25.1 Å². The first-order valence-corrected chi connectivity index (χ1v) is 7.54. The number of anilines is 1. The third kappa shape index (κ3) is 1.52. The molecule has 1 amide bonds. The molecule has 0 aliphatic carbocycles. The van der Waals surface area contributed by atoms with Crippen molar-refractivity contribution in [1.29, 1.82) is 5.26 Å². The van der Waals surface area contributed by atoms with E-state index in [0.717, 1.165) is 4.47 Å². The van der Waals surface area contributed by atoms with E-state index in [0.29, 0.717) is 28.4 Å². The Bertz CT molecular complexity index is 955. The van der Waals surface area contributed by atoms with Crippen LogP contribution in [0.25, 0.3) is 0 Å². The number of carbonyl (C=O) groups is 1. The molecule has 7 nitrogen and oxygen atoms in total. The highest BCUT2D eigenvalue weighted by Crippen LogP contribution is 2.53. The summed E-state index contributed by atoms with van der Waals surface area (Å²) >= 11 is 3.41. The van der Waals surface area contributed by atoms with Crippen LogP contribution in [0.3, 0.4) is 0 Å². The van der Waals surface area contributed by atoms with Crippen LogP contribution in [0.15, 0.2) is 34.1 Å². The van der Waals surface area contributed by atoms with Gasteiger partial charge >= 0.3 is 0 Å². The minimum Gasteiger partial charge on any atom is -0.440 e. The number of nitrogens with two attached hydrogens (primary N) is 1. The van der Waals surface area contributed by atoms with Gasteiger partial charge in [-0.2, -0.15) is 10.4 Å². The van der Waals surface area contributed by atoms with Crippen LogP contribution in [0.2, 0.25) is 0 Å². The summed E-state index contributed by atoms with van der Waals surface area (Å²) in [5.74, 6) is 0.398. The predicted octanol–water partition coefficient (Wildman–Crippen LogP) is 1.81. The van der Waals surface area contributed by atoms with Gasteiger partial charge < -0.3 is 15.8 Å². The molecule has 0 bridgehead atoms. The number of nitriles is 1. The molecule has 4 N–H and O–H groups in total. The molecule has 114 valence electrons. The van der Waals surface area contributed by atoms with Crippen LogP contribution in [0.4, 0.5) is 5.82 Å². The second-order valence-corrected chi connectivity index (χ2v) is 6.29. The molecule has 0 fully saturated rings. The number of halogens is 1. The zero-order valence-corrected chi connectivity index (χ0v) is 13.5. The molecule has 4 rings (SSSR count). The summed E-state index contributed by atoms with van der Waals surface area (Å²) in [6.07, 6.45) is 0. The molecule has 1 spiro atoms. The maximum Gasteiger partial charge on any atom is 0.246 e. The molecule has 1 atom stereocenters. The summed E-state index contributed by atoms with van der Waals surface area (Å²) in [5, 5.41) is 19.3. The fourth-order valence-electron chi connectivity index (χ4n) is 3.30. The lowest BCUT2D eigenvalue weighted by Crippen LogP contribution is -2.42. The number of hydrogen-bond acceptors (Lipinski definition) is 5. The highest BCUT2D eigenvalue weighted by atomic mass is 79.9. The topological polar surface area (TPSA) is 117 Å². The van der Waals surface area contributed by atoms with Gasteiger partial charge in [0.15, 0.2) is 5.82 Å². The highest BCUT2D eigenvalue weighted by Gasteiger charge is 2.58. The summed E-state index contributed by atoms with van der Waals surface area (Å²) in [6.45, 7) is 1.80. The monoisotopic (exact) mass is 371 g/mol. The molecular weight excluding hydrogens is 362 g/mol. The number of ether oxygens (including phenoxy) is 1. The van der Waals surface area contributed by atoms with E-state index >= 15 is 0 Å². The van der Waals surface area contributed by atoms with Crippen molar-refractivity contribution in [2.45, 2.75) is 12.3 Å². The summed E-state index contributed by atoms with van der Waals surface area (Å²) in [4.78, 5) is 12.9. The van der Waals surface area contributed by atoms with Crippen molar-refractivity contribution < 1.29 is 9.53 Å². The maximum absolute atomic E-state index is 12.9. The number of fused-ring (bicyclic) bond motifs is 4. The lowest BCUT2D eigenvalue weighted by molar-refractivity contribution is -0.118. The van der Waals surface area contributed by atoms with Gasteiger partial charge in [-0.1, -0.05) is 15.9 Å². The number of benzene rings is 1. The standard InChI is InChI=1S/C15H10BrN5O2/c1-6-11-13(21-20-6)19-14(22)15(11)8-4-7(16)2-3-10(8)23-12(18)9(15)5-17/h2-4H,18H2,1H3,(H2,19,20,21,22)/t15-/m1/s1. The second-order valence-electron chi connectivity index (χ2n) is 5.37. The second kappa shape index (κ2) is 4.36. The van der Waals surface area contributed by atoms with E-state index in [1.165, 1.54) is 0 Å². The third-order valence-electron chi connectivity index (χ3n) is 4.19. The molecule has 0 unspecified atom stereocenters. The van der Waals surface area contributed by atoms with Gasteiger partial charge in [0.1, 0.15) is 22.8 Å². The SMILES string of the molecule is Cc1[nH]nc2c1[C@]1(C(=O)N2)C(C#N)=C(N)Oc2ccc(Br)cc21. The molecule has 3 heterocycles. The minimum atomic E-state index is -1.36. The smallest absolute Gasteiger partial charge is 0.246 e. The van der Waals surface area contributed by atoms with E-state index in [9.17, 15) is 10.1 Å². The van der Waals surface area contributed by atoms with Gasteiger partial charge in [0.05, 0.1) is 0 Å². The van der Waals surface area contributed by atoms with E-state index in [1.54, 1.807) is 25.1 Å². The van der Waals surface area contributed by atoms with Gasteiger partial charge in [0, 0.05) is 21.3 Å². The lowest BCUT2D eigenvalue weighted by atomic mass is 9.69. The Hall–Kier alpha value is -2.79. The summed E-state index contributed by atoms with van der Waals surface area (Å²) in [7, 11) is 0. The number of nitrogens with zero attached hydrogens (tertiary/aromatic N) is 2. The van der Waals surface area contributed by atoms with E-state index in [2.05, 4.69) is 31.4 Å². The number of nitrogens with one attached hydrogen (secondary N) is 2. The number of rotatable bonds is 0. The van der Waals surface area contributed by atoms with Crippen LogP contribution in [0.1, 0.15) is 16.8 Å². The van der Waals surface area contributed by atoms with Gasteiger partial charge in [-0.15, -0.1) is 0 Å². The minimum absolute atomic E-state index is 0.0591. The largest absolute Gasteiger partial charge is 0.440 e. The summed E-state index contributed by atoms with van der Waals surface area (Å²) in [6, 6.07) is 7.31. The number of carbonyl (C=O) groups excluding carboxylic acids is 1. The molecule has 0 radical (unpaired) electrons. The average Bonchev–Trinajstić information content (AvgIpc) is 3.00. The molecule has 1 aromatic heterocycles. The molecule has 1 aromatic carbocycles. The zero-order chi connectivity index (χ0) is 16.4. The molecule has 2 aromatic rings. The molecule has 0 saturated carbocycles. The van der Waals surface area contributed by atoms with Crippen molar-refractivity contribution in [1.82, 2.24) is 10.2 Å². The van der Waals surface area contributed by atoms with Gasteiger partial charge in [-0.25, -0.2) is 0 Å². The molecule has 2 aliphatic heterocycles. The lowest BCUT2D eigenvalue weighted by Gasteiger charge is -2.33. The number of aromatic amines is 1. The van der Waals surface area contributed by atoms with Crippen LogP contribution in [0.5, 0.6) is 5.75 Å². The van der Waals surface area contributed by atoms with E-state index in [-0.39, 0.29) is 17.4 Å². The Morgan fingerprint density at radius 2 is 2.26 bits per heavy atom. The molecule has 0 saturated heterocycles. The van der Waals surface area contributed by atoms with Crippen molar-refractivity contribution in [3.8, 4) is 11.8 Å². The quantitative estimate of drug-likeness (QED) is 0.652. The van der Waals surface area contributed by atoms with Gasteiger partial charge in [-0.3, -0.25) is 9.89 Å². The Labute approximate surface area is 139 Å². The first-order chi connectivity index (χ1) is 11.0. The highest BCUT2D eigenvalue weighted by molar-refractivity contribution is 9.10. The normalized spacial score (nSPS) is 21.5. The zero-order valence-electron chi connectivity index (χ0n) is 11.9. The molecule has 2 aliphatic rings. The van der Waals surface area contributed by atoms with Crippen LogP contribution in [-0.4, -0.2) is 16.1 Å². The third-order valence-corrected chi connectivity index (χ3v) is 4.69. The van der Waals surface area contributed by atoms with Crippen molar-refractivity contribution >= 4 is 27.7 Å². The number of aryl methyl sites for hydroxylation is 1. The maximum atomic E-state index is 12.9. The van der Waals surface area contributed by atoms with Crippen LogP contribution < -0.4 is 15.8 Å². The van der Waals surface area contributed by atoms with Crippen molar-refractivity contribution in [3.05, 3.63) is 50.9 Å². The Balaban J connectivity index is 2.19. The summed E-state index contributed by atoms with van der Waals surface area (Å²) in [5.41, 5.74) is 6.49. The number of amides is 1. The Morgan fingerprint density at radius 1 is 1.48 bits per heavy atom. The van der Waals surface area contributed by atoms with Crippen LogP contribution in [-0.2, 0) is 10.2 Å². The Kier molecular flexibility index (Phi) is 2.63.